The Labute approximate surface area is 194 Å². The van der Waals surface area contributed by atoms with Gasteiger partial charge in [0.25, 0.3) is 0 Å². The Balaban J connectivity index is 1.61. The van der Waals surface area contributed by atoms with Crippen LogP contribution in [0.5, 0.6) is 0 Å². The Kier molecular flexibility index (Phi) is 6.43. The third-order valence-electron chi connectivity index (χ3n) is 10.3. The molecule has 2 unspecified atom stereocenters. The van der Waals surface area contributed by atoms with Crippen LogP contribution < -0.4 is 0 Å². The fourth-order valence-electron chi connectivity index (χ4n) is 8.91. The Morgan fingerprint density at radius 3 is 2.39 bits per heavy atom. The zero-order valence-corrected chi connectivity index (χ0v) is 23.8. The van der Waals surface area contributed by atoms with Crippen LogP contribution in [0.15, 0.2) is 12.2 Å². The first kappa shape index (κ1) is 23.7. The molecule has 0 spiro atoms. The summed E-state index contributed by atoms with van der Waals surface area (Å²) < 4.78 is 12.6. The molecule has 176 valence electrons. The maximum absolute atomic E-state index is 12.3. The molecule has 1 heterocycles. The molecule has 0 aromatic rings. The monoisotopic (exact) mass is 463 g/mol. The third kappa shape index (κ3) is 3.55. The summed E-state index contributed by atoms with van der Waals surface area (Å²) in [7, 11) is 1.02. The van der Waals surface area contributed by atoms with Crippen LogP contribution in [0.25, 0.3) is 0 Å². The number of carbonyl (C=O) groups excluding carboxylic acids is 1. The van der Waals surface area contributed by atoms with Gasteiger partial charge in [-0.25, -0.2) is 0 Å². The summed E-state index contributed by atoms with van der Waals surface area (Å²) in [6.45, 7) is 14.4. The standard InChI is InChI=1S/C25H45NO3Si2/c1-23(2,22(28-30-6)29-31-7)19-10-9-17-16-8-11-20-25(4,15-13-21(27)26(20)5)18(16)12-14-24(17,19)3/h13,15-20,22H,8-12,14,30-31H2,1-7H3/t16-,17-,18+,19?,20?,24-,25+/m0/s1. The minimum atomic E-state index is -0.498. The topological polar surface area (TPSA) is 38.8 Å². The molecule has 0 aromatic carbocycles. The lowest BCUT2D eigenvalue weighted by Gasteiger charge is -2.61. The molecule has 4 aliphatic rings. The summed E-state index contributed by atoms with van der Waals surface area (Å²) in [5.74, 6) is 3.13. The fourth-order valence-corrected chi connectivity index (χ4v) is 10.8. The van der Waals surface area contributed by atoms with E-state index in [1.165, 1.54) is 32.1 Å². The van der Waals surface area contributed by atoms with Crippen LogP contribution in [-0.4, -0.2) is 49.7 Å². The van der Waals surface area contributed by atoms with Gasteiger partial charge in [0.2, 0.25) is 5.91 Å². The Morgan fingerprint density at radius 1 is 1.06 bits per heavy atom. The normalized spacial score (nSPS) is 44.2. The van der Waals surface area contributed by atoms with E-state index in [1.54, 1.807) is 0 Å². The summed E-state index contributed by atoms with van der Waals surface area (Å²) in [6, 6.07) is 0.374. The van der Waals surface area contributed by atoms with Crippen LogP contribution in [0.2, 0.25) is 13.1 Å². The largest absolute Gasteiger partial charge is 0.400 e. The van der Waals surface area contributed by atoms with Crippen LogP contribution in [0.3, 0.4) is 0 Å². The molecule has 3 saturated carbocycles. The smallest absolute Gasteiger partial charge is 0.246 e. The van der Waals surface area contributed by atoms with Gasteiger partial charge in [-0.2, -0.15) is 0 Å². The number of hydrogen-bond donors (Lipinski definition) is 0. The maximum atomic E-state index is 12.3. The van der Waals surface area contributed by atoms with Gasteiger partial charge in [0.15, 0.2) is 19.5 Å². The van der Waals surface area contributed by atoms with Crippen molar-refractivity contribution in [2.75, 3.05) is 7.05 Å². The van der Waals surface area contributed by atoms with Gasteiger partial charge < -0.3 is 13.8 Å². The Morgan fingerprint density at radius 2 is 1.74 bits per heavy atom. The van der Waals surface area contributed by atoms with Gasteiger partial charge in [0, 0.05) is 23.9 Å². The van der Waals surface area contributed by atoms with Crippen LogP contribution in [0.1, 0.15) is 66.2 Å². The highest BCUT2D eigenvalue weighted by atomic mass is 28.2. The Hall–Kier alpha value is -0.436. The predicted molar refractivity (Wildman–Crippen MR) is 132 cm³/mol. The van der Waals surface area contributed by atoms with Crippen molar-refractivity contribution >= 4 is 25.4 Å². The maximum Gasteiger partial charge on any atom is 0.246 e. The quantitative estimate of drug-likeness (QED) is 0.443. The summed E-state index contributed by atoms with van der Waals surface area (Å²) in [5.41, 5.74) is 0.585. The second-order valence-electron chi connectivity index (χ2n) is 11.9. The molecule has 4 nitrogen and oxygen atoms in total. The van der Waals surface area contributed by atoms with Gasteiger partial charge >= 0.3 is 0 Å². The molecular weight excluding hydrogens is 418 g/mol. The second-order valence-corrected chi connectivity index (χ2v) is 13.7. The van der Waals surface area contributed by atoms with E-state index in [9.17, 15) is 4.79 Å². The summed E-state index contributed by atoms with van der Waals surface area (Å²) in [5, 5.41) is 0. The van der Waals surface area contributed by atoms with E-state index in [-0.39, 0.29) is 23.0 Å². The highest BCUT2D eigenvalue weighted by molar-refractivity contribution is 6.26. The van der Waals surface area contributed by atoms with E-state index in [0.29, 0.717) is 23.3 Å². The number of carbonyl (C=O) groups is 1. The van der Waals surface area contributed by atoms with E-state index < -0.39 is 19.5 Å². The van der Waals surface area contributed by atoms with Crippen molar-refractivity contribution in [3.63, 3.8) is 0 Å². The minimum absolute atomic E-state index is 0.00618. The second kappa shape index (κ2) is 8.41. The zero-order valence-electron chi connectivity index (χ0n) is 20.9. The molecule has 4 rings (SSSR count). The molecule has 0 bridgehead atoms. The van der Waals surface area contributed by atoms with Gasteiger partial charge in [-0.1, -0.05) is 46.9 Å². The van der Waals surface area contributed by atoms with Gasteiger partial charge in [0.05, 0.1) is 0 Å². The summed E-state index contributed by atoms with van der Waals surface area (Å²) >= 11 is 0. The molecule has 3 fully saturated rings. The molecule has 1 amide bonds. The van der Waals surface area contributed by atoms with Crippen LogP contribution >= 0.6 is 0 Å². The number of likely N-dealkylation sites (N-methyl/N-ethyl adjacent to an activating group) is 1. The van der Waals surface area contributed by atoms with E-state index in [4.69, 9.17) is 8.85 Å². The summed E-state index contributed by atoms with van der Waals surface area (Å²) in [6.07, 6.45) is 11.8. The number of fused-ring (bicyclic) bond motifs is 5. The van der Waals surface area contributed by atoms with Gasteiger partial charge in [-0.15, -0.1) is 0 Å². The SMILES string of the molecule is C[SiH2]OC(O[SiH2]C)C(C)(C)C1CC[C@H]2[C@@H]3CCC4N(C)C(=O)C=C[C@]4(C)[C@@H]3CC[C@]12C. The van der Waals surface area contributed by atoms with E-state index in [2.05, 4.69) is 46.9 Å². The molecule has 31 heavy (non-hydrogen) atoms. The third-order valence-corrected chi connectivity index (χ3v) is 11.5. The van der Waals surface area contributed by atoms with Gasteiger partial charge in [-0.3, -0.25) is 4.79 Å². The van der Waals surface area contributed by atoms with E-state index in [1.807, 2.05) is 18.0 Å². The average molecular weight is 464 g/mol. The highest BCUT2D eigenvalue weighted by Gasteiger charge is 2.63. The first-order valence-electron chi connectivity index (χ1n) is 12.8. The molecule has 6 heteroatoms. The number of nitrogens with zero attached hydrogens (tertiary/aromatic N) is 1. The lowest BCUT2D eigenvalue weighted by Crippen LogP contribution is -2.60. The molecule has 0 radical (unpaired) electrons. The molecule has 7 atom stereocenters. The number of hydrogen-bond acceptors (Lipinski definition) is 3. The molecule has 3 aliphatic carbocycles. The van der Waals surface area contributed by atoms with E-state index >= 15 is 0 Å². The van der Waals surface area contributed by atoms with Crippen molar-refractivity contribution in [3.05, 3.63) is 12.2 Å². The highest BCUT2D eigenvalue weighted by Crippen LogP contribution is 2.68. The van der Waals surface area contributed by atoms with E-state index in [0.717, 1.165) is 18.3 Å². The molecule has 0 aromatic heterocycles. The zero-order chi connectivity index (χ0) is 22.6. The van der Waals surface area contributed by atoms with Gasteiger partial charge in [0.1, 0.15) is 6.29 Å². The van der Waals surface area contributed by atoms with Crippen molar-refractivity contribution in [3.8, 4) is 0 Å². The minimum Gasteiger partial charge on any atom is -0.400 e. The van der Waals surface area contributed by atoms with Crippen molar-refractivity contribution in [1.82, 2.24) is 4.90 Å². The number of rotatable bonds is 6. The van der Waals surface area contributed by atoms with Crippen molar-refractivity contribution in [2.24, 2.45) is 39.9 Å². The molecule has 0 N–H and O–H groups in total. The average Bonchev–Trinajstić information content (AvgIpc) is 3.09. The molecule has 1 aliphatic heterocycles. The van der Waals surface area contributed by atoms with Crippen molar-refractivity contribution in [1.29, 1.82) is 0 Å². The van der Waals surface area contributed by atoms with Crippen LogP contribution in [-0.2, 0) is 13.6 Å². The summed E-state index contributed by atoms with van der Waals surface area (Å²) in [4.78, 5) is 14.4. The Bertz CT molecular complexity index is 722. The van der Waals surface area contributed by atoms with Crippen molar-refractivity contribution in [2.45, 2.75) is 91.6 Å². The van der Waals surface area contributed by atoms with Crippen molar-refractivity contribution < 1.29 is 13.6 Å². The predicted octanol–water partition coefficient (Wildman–Crippen LogP) is 3.89. The molecule has 0 saturated heterocycles. The molecular formula is C25H45NO3Si2. The first-order valence-corrected chi connectivity index (χ1v) is 16.8. The lowest BCUT2D eigenvalue weighted by molar-refractivity contribution is -0.153. The number of amides is 1. The van der Waals surface area contributed by atoms with Crippen LogP contribution in [0.4, 0.5) is 0 Å². The lowest BCUT2D eigenvalue weighted by atomic mass is 9.46. The van der Waals surface area contributed by atoms with Crippen LogP contribution in [0, 0.1) is 39.9 Å². The first-order chi connectivity index (χ1) is 14.6. The fraction of sp³-hybridized carbons (Fsp3) is 0.880. The van der Waals surface area contributed by atoms with Gasteiger partial charge in [-0.05, 0) is 73.7 Å².